The van der Waals surface area contributed by atoms with E-state index in [9.17, 15) is 0 Å². The minimum Gasteiger partial charge on any atom is -0.361 e. The average Bonchev–Trinajstić information content (AvgIpc) is 3.67. The van der Waals surface area contributed by atoms with E-state index in [4.69, 9.17) is 4.52 Å². The van der Waals surface area contributed by atoms with Gasteiger partial charge in [-0.05, 0) is 96.7 Å². The quantitative estimate of drug-likeness (QED) is 0.179. The highest BCUT2D eigenvalue weighted by atomic mass is 16.5. The molecule has 1 heterocycles. The van der Waals surface area contributed by atoms with Crippen molar-refractivity contribution in [2.24, 2.45) is 0 Å². The van der Waals surface area contributed by atoms with E-state index in [1.807, 2.05) is 13.8 Å². The van der Waals surface area contributed by atoms with Crippen LogP contribution < -0.4 is 0 Å². The number of hydrogen-bond acceptors (Lipinski definition) is 2. The fourth-order valence-corrected chi connectivity index (χ4v) is 8.96. The summed E-state index contributed by atoms with van der Waals surface area (Å²) in [6, 6.07) is 60.5. The molecule has 2 heteroatoms. The molecule has 9 aromatic rings. The smallest absolute Gasteiger partial charge is 0.141 e. The number of aromatic nitrogens is 1. The van der Waals surface area contributed by atoms with Crippen LogP contribution >= 0.6 is 0 Å². The Morgan fingerprint density at radius 3 is 1.56 bits per heavy atom. The minimum atomic E-state index is -0.505. The van der Waals surface area contributed by atoms with E-state index in [1.54, 1.807) is 0 Å². The summed E-state index contributed by atoms with van der Waals surface area (Å²) < 4.78 is 5.73. The van der Waals surface area contributed by atoms with E-state index in [0.29, 0.717) is 0 Å². The van der Waals surface area contributed by atoms with Crippen LogP contribution in [0.1, 0.15) is 33.7 Å². The predicted octanol–water partition coefficient (Wildman–Crippen LogP) is 12.4. The Bertz CT molecular complexity index is 2660. The van der Waals surface area contributed by atoms with Crippen LogP contribution in [0.4, 0.5) is 0 Å². The van der Waals surface area contributed by atoms with Gasteiger partial charge in [0.2, 0.25) is 0 Å². The molecule has 10 rings (SSSR count). The van der Waals surface area contributed by atoms with Gasteiger partial charge in [-0.1, -0.05) is 163 Å². The van der Waals surface area contributed by atoms with E-state index in [1.165, 1.54) is 82.4 Å². The molecule has 0 saturated heterocycles. The van der Waals surface area contributed by atoms with Crippen molar-refractivity contribution >= 4 is 32.3 Å². The fraction of sp³-hybridized carbons (Fsp3) is 0.0625. The summed E-state index contributed by atoms with van der Waals surface area (Å²) in [5.74, 6) is 0.837. The molecule has 0 N–H and O–H groups in total. The van der Waals surface area contributed by atoms with Gasteiger partial charge in [0, 0.05) is 11.1 Å². The highest BCUT2D eigenvalue weighted by Gasteiger charge is 2.46. The number of fused-ring (bicyclic) bond motifs is 7. The molecule has 0 atom stereocenters. The Morgan fingerprint density at radius 2 is 0.980 bits per heavy atom. The third kappa shape index (κ3) is 3.88. The zero-order valence-electron chi connectivity index (χ0n) is 27.9. The topological polar surface area (TPSA) is 26.0 Å². The lowest BCUT2D eigenvalue weighted by molar-refractivity contribution is 0.393. The van der Waals surface area contributed by atoms with Crippen molar-refractivity contribution in [3.63, 3.8) is 0 Å². The first kappa shape index (κ1) is 28.7. The first-order chi connectivity index (χ1) is 24.7. The summed E-state index contributed by atoms with van der Waals surface area (Å²) in [7, 11) is 0. The maximum atomic E-state index is 5.73. The molecule has 0 bridgehead atoms. The summed E-state index contributed by atoms with van der Waals surface area (Å²) in [5, 5.41) is 11.7. The molecule has 0 spiro atoms. The van der Waals surface area contributed by atoms with Gasteiger partial charge in [0.1, 0.15) is 5.76 Å². The number of nitrogens with zero attached hydrogens (tertiary/aromatic N) is 1. The summed E-state index contributed by atoms with van der Waals surface area (Å²) in [6.45, 7) is 4.05. The van der Waals surface area contributed by atoms with Gasteiger partial charge >= 0.3 is 0 Å². The molecule has 50 heavy (non-hydrogen) atoms. The summed E-state index contributed by atoms with van der Waals surface area (Å²) >= 11 is 0. The van der Waals surface area contributed by atoms with Gasteiger partial charge in [-0.3, -0.25) is 0 Å². The van der Waals surface area contributed by atoms with Crippen molar-refractivity contribution in [1.82, 2.24) is 5.16 Å². The second-order valence-corrected chi connectivity index (χ2v) is 13.5. The largest absolute Gasteiger partial charge is 0.361 e. The highest BCUT2D eigenvalue weighted by Crippen LogP contribution is 2.59. The second-order valence-electron chi connectivity index (χ2n) is 13.5. The monoisotopic (exact) mass is 639 g/mol. The maximum Gasteiger partial charge on any atom is 0.141 e. The SMILES string of the molecule is Cc1noc(C)c1-c1c2ccccc2c(-c2ccc3c(c2)C(c2ccccc2)(c2ccccc2)c2ccc4ccccc4c2-3)c2ccccc12. The summed E-state index contributed by atoms with van der Waals surface area (Å²) in [6.07, 6.45) is 0. The van der Waals surface area contributed by atoms with Crippen LogP contribution in [0.3, 0.4) is 0 Å². The normalized spacial score (nSPS) is 13.2. The Balaban J connectivity index is 1.36. The molecule has 0 amide bonds. The predicted molar refractivity (Wildman–Crippen MR) is 207 cm³/mol. The lowest BCUT2D eigenvalue weighted by atomic mass is 9.67. The van der Waals surface area contributed by atoms with Gasteiger partial charge < -0.3 is 4.52 Å². The number of hydrogen-bond donors (Lipinski definition) is 0. The van der Waals surface area contributed by atoms with Gasteiger partial charge in [0.25, 0.3) is 0 Å². The third-order valence-electron chi connectivity index (χ3n) is 10.9. The van der Waals surface area contributed by atoms with Crippen LogP contribution in [-0.2, 0) is 5.41 Å². The first-order valence-electron chi connectivity index (χ1n) is 17.3. The molecule has 8 aromatic carbocycles. The fourth-order valence-electron chi connectivity index (χ4n) is 8.96. The van der Waals surface area contributed by atoms with Gasteiger partial charge in [0.15, 0.2) is 0 Å². The number of aryl methyl sites for hydroxylation is 2. The first-order valence-corrected chi connectivity index (χ1v) is 17.3. The van der Waals surface area contributed by atoms with Crippen LogP contribution in [0.25, 0.3) is 65.7 Å². The molecule has 1 aromatic heterocycles. The molecule has 0 saturated carbocycles. The van der Waals surface area contributed by atoms with Crippen molar-refractivity contribution < 1.29 is 4.52 Å². The van der Waals surface area contributed by atoms with E-state index < -0.39 is 5.41 Å². The van der Waals surface area contributed by atoms with Gasteiger partial charge in [-0.25, -0.2) is 0 Å². The molecule has 1 aliphatic carbocycles. The Hall–Kier alpha value is -6.25. The van der Waals surface area contributed by atoms with E-state index in [-0.39, 0.29) is 0 Å². The molecule has 236 valence electrons. The van der Waals surface area contributed by atoms with Gasteiger partial charge in [-0.2, -0.15) is 0 Å². The number of benzene rings is 8. The molecule has 0 unspecified atom stereocenters. The van der Waals surface area contributed by atoms with Crippen molar-refractivity contribution in [1.29, 1.82) is 0 Å². The van der Waals surface area contributed by atoms with Crippen molar-refractivity contribution in [2.75, 3.05) is 0 Å². The summed E-state index contributed by atoms with van der Waals surface area (Å²) in [5.41, 5.74) is 12.9. The maximum absolute atomic E-state index is 5.73. The average molecular weight is 640 g/mol. The lowest BCUT2D eigenvalue weighted by Gasteiger charge is -2.34. The zero-order chi connectivity index (χ0) is 33.4. The lowest BCUT2D eigenvalue weighted by Crippen LogP contribution is -2.28. The molecule has 1 aliphatic rings. The highest BCUT2D eigenvalue weighted by molar-refractivity contribution is 6.22. The van der Waals surface area contributed by atoms with Crippen LogP contribution in [0, 0.1) is 13.8 Å². The van der Waals surface area contributed by atoms with Crippen molar-refractivity contribution in [2.45, 2.75) is 19.3 Å². The number of rotatable bonds is 4. The zero-order valence-corrected chi connectivity index (χ0v) is 27.9. The van der Waals surface area contributed by atoms with Crippen LogP contribution in [0.5, 0.6) is 0 Å². The third-order valence-corrected chi connectivity index (χ3v) is 10.9. The summed E-state index contributed by atoms with van der Waals surface area (Å²) in [4.78, 5) is 0. The molecule has 0 radical (unpaired) electrons. The van der Waals surface area contributed by atoms with Crippen LogP contribution in [0.2, 0.25) is 0 Å². The molecule has 2 nitrogen and oxygen atoms in total. The second kappa shape index (κ2) is 10.9. The molecule has 0 aliphatic heterocycles. The van der Waals surface area contributed by atoms with Gasteiger partial charge in [0.05, 0.1) is 11.1 Å². The van der Waals surface area contributed by atoms with Crippen molar-refractivity contribution in [3.8, 4) is 33.4 Å². The Labute approximate surface area is 291 Å². The Morgan fingerprint density at radius 1 is 0.440 bits per heavy atom. The minimum absolute atomic E-state index is 0.505. The standard InChI is InChI=1S/C48H33NO/c1-30-44(31(2)50-49-30)47-39-23-13-11-21-37(39)45(38-22-12-14-24-40(38)47)33-25-27-41-43(29-33)48(34-16-5-3-6-17-34,35-18-7-4-8-19-35)42-28-26-32-15-9-10-20-36(32)46(41)42/h3-29H,1-2H3. The van der Waals surface area contributed by atoms with Crippen molar-refractivity contribution in [3.05, 3.63) is 197 Å². The molecular formula is C48H33NO. The van der Waals surface area contributed by atoms with Gasteiger partial charge in [-0.15, -0.1) is 0 Å². The van der Waals surface area contributed by atoms with E-state index in [2.05, 4.69) is 169 Å². The molecule has 0 fully saturated rings. The Kier molecular flexibility index (Phi) is 6.25. The van der Waals surface area contributed by atoms with Crippen LogP contribution in [0.15, 0.2) is 168 Å². The molecular weight excluding hydrogens is 607 g/mol. The van der Waals surface area contributed by atoms with E-state index >= 15 is 0 Å². The van der Waals surface area contributed by atoms with E-state index in [0.717, 1.165) is 17.0 Å². The van der Waals surface area contributed by atoms with Crippen LogP contribution in [-0.4, -0.2) is 5.16 Å².